The highest BCUT2D eigenvalue weighted by Crippen LogP contribution is 2.17. The molecular weight excluding hydrogens is 178 g/mol. The van der Waals surface area contributed by atoms with Gasteiger partial charge in [0.05, 0.1) is 7.11 Å². The van der Waals surface area contributed by atoms with Gasteiger partial charge >= 0.3 is 0 Å². The Morgan fingerprint density at radius 1 is 1.36 bits per heavy atom. The van der Waals surface area contributed by atoms with Crippen molar-refractivity contribution < 1.29 is 9.53 Å². The zero-order valence-corrected chi connectivity index (χ0v) is 9.00. The lowest BCUT2D eigenvalue weighted by molar-refractivity contribution is 0.0826. The van der Waals surface area contributed by atoms with E-state index >= 15 is 0 Å². The monoisotopic (exact) mass is 193 g/mol. The predicted octanol–water partition coefficient (Wildman–Crippen LogP) is 1.71. The van der Waals surface area contributed by atoms with E-state index in [-0.39, 0.29) is 5.91 Å². The highest BCUT2D eigenvalue weighted by molar-refractivity contribution is 5.95. The van der Waals surface area contributed by atoms with Gasteiger partial charge < -0.3 is 9.64 Å². The third kappa shape index (κ3) is 2.05. The topological polar surface area (TPSA) is 29.5 Å². The number of hydrogen-bond donors (Lipinski definition) is 0. The molecule has 0 aromatic heterocycles. The lowest BCUT2D eigenvalue weighted by Crippen LogP contribution is -2.22. The molecule has 3 nitrogen and oxygen atoms in total. The molecule has 0 fully saturated rings. The van der Waals surface area contributed by atoms with Crippen LogP contribution < -0.4 is 4.74 Å². The zero-order chi connectivity index (χ0) is 10.7. The van der Waals surface area contributed by atoms with Crippen molar-refractivity contribution in [2.24, 2.45) is 0 Å². The van der Waals surface area contributed by atoms with Crippen molar-refractivity contribution in [3.05, 3.63) is 29.3 Å². The van der Waals surface area contributed by atoms with Crippen molar-refractivity contribution >= 4 is 5.91 Å². The number of amides is 1. The third-order valence-electron chi connectivity index (χ3n) is 2.08. The minimum absolute atomic E-state index is 0.00130. The molecule has 0 aliphatic rings. The fourth-order valence-electron chi connectivity index (χ4n) is 1.20. The van der Waals surface area contributed by atoms with Crippen LogP contribution >= 0.6 is 0 Å². The molecule has 0 heterocycles. The number of aryl methyl sites for hydroxylation is 1. The number of nitrogens with zero attached hydrogens (tertiary/aromatic N) is 1. The molecule has 0 radical (unpaired) electrons. The number of benzene rings is 1. The summed E-state index contributed by atoms with van der Waals surface area (Å²) >= 11 is 0. The molecule has 1 aromatic carbocycles. The molecule has 14 heavy (non-hydrogen) atoms. The van der Waals surface area contributed by atoms with Gasteiger partial charge in [0, 0.05) is 19.7 Å². The summed E-state index contributed by atoms with van der Waals surface area (Å²) in [6, 6.07) is 5.50. The first kappa shape index (κ1) is 10.6. The van der Waals surface area contributed by atoms with Crippen LogP contribution in [-0.2, 0) is 0 Å². The average molecular weight is 193 g/mol. The van der Waals surface area contributed by atoms with Crippen molar-refractivity contribution in [3.8, 4) is 5.75 Å². The first-order valence-corrected chi connectivity index (χ1v) is 4.42. The van der Waals surface area contributed by atoms with Gasteiger partial charge in [-0.2, -0.15) is 0 Å². The molecule has 0 aliphatic carbocycles. The molecule has 1 rings (SSSR count). The zero-order valence-electron chi connectivity index (χ0n) is 9.00. The smallest absolute Gasteiger partial charge is 0.253 e. The van der Waals surface area contributed by atoms with Gasteiger partial charge in [0.2, 0.25) is 0 Å². The molecule has 3 heteroatoms. The summed E-state index contributed by atoms with van der Waals surface area (Å²) in [7, 11) is 5.07. The fraction of sp³-hybridized carbons (Fsp3) is 0.364. The standard InChI is InChI=1S/C11H15NO2/c1-8-5-6-9(14-4)7-10(8)11(13)12(2)3/h5-7H,1-4H3. The Hall–Kier alpha value is -1.51. The SMILES string of the molecule is COc1ccc(C)c(C(=O)N(C)C)c1. The van der Waals surface area contributed by atoms with Crippen LogP contribution in [0.25, 0.3) is 0 Å². The molecule has 1 amide bonds. The lowest BCUT2D eigenvalue weighted by Gasteiger charge is -2.13. The number of hydrogen-bond acceptors (Lipinski definition) is 2. The summed E-state index contributed by atoms with van der Waals surface area (Å²) in [6.45, 7) is 1.91. The summed E-state index contributed by atoms with van der Waals surface area (Å²) in [5.41, 5.74) is 1.65. The molecule has 76 valence electrons. The maximum atomic E-state index is 11.7. The number of carbonyl (C=O) groups excluding carboxylic acids is 1. The molecule has 0 N–H and O–H groups in total. The van der Waals surface area contributed by atoms with Crippen LogP contribution in [0.2, 0.25) is 0 Å². The van der Waals surface area contributed by atoms with E-state index in [9.17, 15) is 4.79 Å². The van der Waals surface area contributed by atoms with E-state index in [0.717, 1.165) is 5.56 Å². The average Bonchev–Trinajstić information content (AvgIpc) is 2.17. The predicted molar refractivity (Wildman–Crippen MR) is 55.7 cm³/mol. The molecule has 0 aliphatic heterocycles. The maximum Gasteiger partial charge on any atom is 0.253 e. The van der Waals surface area contributed by atoms with E-state index in [1.165, 1.54) is 0 Å². The van der Waals surface area contributed by atoms with Crippen LogP contribution in [0.15, 0.2) is 18.2 Å². The second kappa shape index (κ2) is 4.13. The summed E-state index contributed by atoms with van der Waals surface area (Å²) in [4.78, 5) is 13.3. The Balaban J connectivity index is 3.12. The maximum absolute atomic E-state index is 11.7. The van der Waals surface area contributed by atoms with E-state index in [4.69, 9.17) is 4.74 Å². The van der Waals surface area contributed by atoms with Gasteiger partial charge in [-0.15, -0.1) is 0 Å². The third-order valence-corrected chi connectivity index (χ3v) is 2.08. The Morgan fingerprint density at radius 2 is 2.00 bits per heavy atom. The molecule has 0 atom stereocenters. The lowest BCUT2D eigenvalue weighted by atomic mass is 10.1. The van der Waals surface area contributed by atoms with E-state index < -0.39 is 0 Å². The summed E-state index contributed by atoms with van der Waals surface area (Å²) in [5.74, 6) is 0.710. The summed E-state index contributed by atoms with van der Waals surface area (Å²) in [5, 5.41) is 0. The Labute approximate surface area is 84.3 Å². The van der Waals surface area contributed by atoms with Gasteiger partial charge in [-0.3, -0.25) is 4.79 Å². The number of ether oxygens (including phenoxy) is 1. The van der Waals surface area contributed by atoms with Crippen molar-refractivity contribution in [1.29, 1.82) is 0 Å². The molecule has 0 saturated heterocycles. The van der Waals surface area contributed by atoms with E-state index in [2.05, 4.69) is 0 Å². The Kier molecular flexibility index (Phi) is 3.12. The summed E-state index contributed by atoms with van der Waals surface area (Å²) < 4.78 is 5.07. The van der Waals surface area contributed by atoms with E-state index in [1.807, 2.05) is 19.1 Å². The van der Waals surface area contributed by atoms with Gasteiger partial charge in [-0.05, 0) is 24.6 Å². The number of rotatable bonds is 2. The highest BCUT2D eigenvalue weighted by Gasteiger charge is 2.11. The van der Waals surface area contributed by atoms with Gasteiger partial charge in [0.1, 0.15) is 5.75 Å². The minimum Gasteiger partial charge on any atom is -0.497 e. The van der Waals surface area contributed by atoms with Gasteiger partial charge in [0.25, 0.3) is 5.91 Å². The molecule has 0 spiro atoms. The van der Waals surface area contributed by atoms with Crippen LogP contribution in [0, 0.1) is 6.92 Å². The number of carbonyl (C=O) groups is 1. The van der Waals surface area contributed by atoms with Crippen LogP contribution in [-0.4, -0.2) is 32.0 Å². The second-order valence-corrected chi connectivity index (χ2v) is 3.38. The Bertz CT molecular complexity index is 345. The number of methoxy groups -OCH3 is 1. The largest absolute Gasteiger partial charge is 0.497 e. The molecular formula is C11H15NO2. The molecule has 0 saturated carbocycles. The van der Waals surface area contributed by atoms with Crippen molar-refractivity contribution in [1.82, 2.24) is 4.90 Å². The van der Waals surface area contributed by atoms with Crippen LogP contribution in [0.3, 0.4) is 0 Å². The van der Waals surface area contributed by atoms with E-state index in [0.29, 0.717) is 11.3 Å². The van der Waals surface area contributed by atoms with Gasteiger partial charge in [-0.1, -0.05) is 6.07 Å². The summed E-state index contributed by atoms with van der Waals surface area (Å²) in [6.07, 6.45) is 0. The highest BCUT2D eigenvalue weighted by atomic mass is 16.5. The quantitative estimate of drug-likeness (QED) is 0.715. The van der Waals surface area contributed by atoms with Crippen molar-refractivity contribution in [3.63, 3.8) is 0 Å². The fourth-order valence-corrected chi connectivity index (χ4v) is 1.20. The minimum atomic E-state index is 0.00130. The van der Waals surface area contributed by atoms with Gasteiger partial charge in [0.15, 0.2) is 0 Å². The Morgan fingerprint density at radius 3 is 2.50 bits per heavy atom. The second-order valence-electron chi connectivity index (χ2n) is 3.38. The normalized spacial score (nSPS) is 9.71. The molecule has 0 unspecified atom stereocenters. The van der Waals surface area contributed by atoms with Crippen LogP contribution in [0.5, 0.6) is 5.75 Å². The first-order valence-electron chi connectivity index (χ1n) is 4.42. The van der Waals surface area contributed by atoms with Gasteiger partial charge in [-0.25, -0.2) is 0 Å². The molecule has 0 bridgehead atoms. The van der Waals surface area contributed by atoms with Crippen LogP contribution in [0.4, 0.5) is 0 Å². The van der Waals surface area contributed by atoms with Crippen molar-refractivity contribution in [2.45, 2.75) is 6.92 Å². The van der Waals surface area contributed by atoms with E-state index in [1.54, 1.807) is 32.2 Å². The first-order chi connectivity index (χ1) is 6.56. The van der Waals surface area contributed by atoms with Crippen LogP contribution in [0.1, 0.15) is 15.9 Å². The molecule has 1 aromatic rings. The van der Waals surface area contributed by atoms with Crippen molar-refractivity contribution in [2.75, 3.05) is 21.2 Å².